The third kappa shape index (κ3) is 6.91. The van der Waals surface area contributed by atoms with Crippen LogP contribution in [0.3, 0.4) is 0 Å². The lowest BCUT2D eigenvalue weighted by atomic mass is 9.91. The average Bonchev–Trinajstić information content (AvgIpc) is 2.97. The molecule has 0 bridgehead atoms. The summed E-state index contributed by atoms with van der Waals surface area (Å²) in [5.74, 6) is -3.51. The molecule has 3 amide bonds. The van der Waals surface area contributed by atoms with Gasteiger partial charge in [0.25, 0.3) is 17.7 Å². The number of amides is 3. The second-order valence-electron chi connectivity index (χ2n) is 10.7. The molecular weight excluding hydrogens is 547 g/mol. The van der Waals surface area contributed by atoms with E-state index < -0.39 is 29.3 Å². The Labute approximate surface area is 241 Å². The maximum absolute atomic E-state index is 13.8. The number of hydrogen-bond donors (Lipinski definition) is 3. The van der Waals surface area contributed by atoms with Gasteiger partial charge in [-0.1, -0.05) is 6.07 Å². The molecule has 42 heavy (non-hydrogen) atoms. The highest BCUT2D eigenvalue weighted by Crippen LogP contribution is 2.30. The minimum atomic E-state index is -0.827. The topological polar surface area (TPSA) is 108 Å². The first-order chi connectivity index (χ1) is 20.2. The minimum Gasteiger partial charge on any atom is -0.366 e. The molecule has 1 aliphatic heterocycles. The van der Waals surface area contributed by atoms with E-state index in [0.29, 0.717) is 36.1 Å². The number of halogens is 3. The molecule has 4 N–H and O–H groups in total. The molecule has 0 radical (unpaired) electrons. The third-order valence-electron chi connectivity index (χ3n) is 7.72. The first-order valence-electron chi connectivity index (χ1n) is 13.9. The van der Waals surface area contributed by atoms with Crippen LogP contribution in [0, 0.1) is 17.5 Å². The number of benzene rings is 3. The number of anilines is 2. The Morgan fingerprint density at radius 1 is 0.714 bits per heavy atom. The smallest absolute Gasteiger partial charge is 0.255 e. The standard InChI is InChI=1S/C31H32F3N5O3/c32-22-3-1-2-19(14-22)30(41)37-27-17-20(29(40)36-26-7-5-25(35)6-8-26)4-9-28(27)38-10-12-39(13-11-38)31(42)21-15-23(33)18-24(34)16-21/h1-4,9,14-18,25-26H,5-8,10-13,35H2,(H,36,40)(H,37,41). The van der Waals surface area contributed by atoms with E-state index in [1.165, 1.54) is 23.1 Å². The summed E-state index contributed by atoms with van der Waals surface area (Å²) < 4.78 is 41.1. The Balaban J connectivity index is 1.34. The van der Waals surface area contributed by atoms with Crippen LogP contribution in [0.2, 0.25) is 0 Å². The van der Waals surface area contributed by atoms with Crippen LogP contribution in [-0.2, 0) is 0 Å². The van der Waals surface area contributed by atoms with E-state index in [-0.39, 0.29) is 42.2 Å². The Morgan fingerprint density at radius 3 is 2.02 bits per heavy atom. The van der Waals surface area contributed by atoms with Crippen LogP contribution in [0.1, 0.15) is 56.8 Å². The van der Waals surface area contributed by atoms with Crippen molar-refractivity contribution in [3.8, 4) is 0 Å². The van der Waals surface area contributed by atoms with Gasteiger partial charge < -0.3 is 26.2 Å². The molecule has 8 nitrogen and oxygen atoms in total. The molecule has 1 saturated carbocycles. The molecule has 0 spiro atoms. The lowest BCUT2D eigenvalue weighted by Gasteiger charge is -2.37. The molecule has 2 fully saturated rings. The summed E-state index contributed by atoms with van der Waals surface area (Å²) in [6.07, 6.45) is 3.25. The molecule has 2 aliphatic rings. The summed E-state index contributed by atoms with van der Waals surface area (Å²) in [6, 6.07) is 13.2. The Morgan fingerprint density at radius 2 is 1.36 bits per heavy atom. The quantitative estimate of drug-likeness (QED) is 0.403. The van der Waals surface area contributed by atoms with Gasteiger partial charge in [-0.05, 0) is 74.2 Å². The Kier molecular flexibility index (Phi) is 8.77. The van der Waals surface area contributed by atoms with E-state index in [0.717, 1.165) is 43.9 Å². The molecule has 3 aromatic rings. The number of piperazine rings is 1. The van der Waals surface area contributed by atoms with Crippen molar-refractivity contribution in [3.63, 3.8) is 0 Å². The van der Waals surface area contributed by atoms with E-state index in [9.17, 15) is 27.6 Å². The predicted molar refractivity (Wildman–Crippen MR) is 153 cm³/mol. The zero-order chi connectivity index (χ0) is 29.8. The van der Waals surface area contributed by atoms with Crippen molar-refractivity contribution in [2.24, 2.45) is 5.73 Å². The SMILES string of the molecule is NC1CCC(NC(=O)c2ccc(N3CCN(C(=O)c4cc(F)cc(F)c4)CC3)c(NC(=O)c3cccc(F)c3)c2)CC1. The van der Waals surface area contributed by atoms with Crippen molar-refractivity contribution in [3.05, 3.63) is 94.8 Å². The average molecular weight is 580 g/mol. The summed E-state index contributed by atoms with van der Waals surface area (Å²) >= 11 is 0. The van der Waals surface area contributed by atoms with E-state index in [4.69, 9.17) is 5.73 Å². The van der Waals surface area contributed by atoms with Gasteiger partial charge in [0.1, 0.15) is 17.5 Å². The normalized spacial score (nSPS) is 18.9. The van der Waals surface area contributed by atoms with Crippen molar-refractivity contribution in [1.82, 2.24) is 10.2 Å². The van der Waals surface area contributed by atoms with Crippen molar-refractivity contribution >= 4 is 29.1 Å². The zero-order valence-corrected chi connectivity index (χ0v) is 22.9. The van der Waals surface area contributed by atoms with Crippen LogP contribution in [0.4, 0.5) is 24.5 Å². The monoisotopic (exact) mass is 579 g/mol. The van der Waals surface area contributed by atoms with Crippen molar-refractivity contribution in [1.29, 1.82) is 0 Å². The zero-order valence-electron chi connectivity index (χ0n) is 22.9. The highest BCUT2D eigenvalue weighted by atomic mass is 19.1. The van der Waals surface area contributed by atoms with Gasteiger partial charge >= 0.3 is 0 Å². The van der Waals surface area contributed by atoms with Gasteiger partial charge in [0.2, 0.25) is 0 Å². The molecule has 0 unspecified atom stereocenters. The number of nitrogens with two attached hydrogens (primary N) is 1. The molecule has 1 aliphatic carbocycles. The summed E-state index contributed by atoms with van der Waals surface area (Å²) in [4.78, 5) is 42.5. The van der Waals surface area contributed by atoms with E-state index in [1.807, 2.05) is 4.90 Å². The van der Waals surface area contributed by atoms with Crippen LogP contribution < -0.4 is 21.3 Å². The Hall–Kier alpha value is -4.38. The minimum absolute atomic E-state index is 0.0134. The number of carbonyl (C=O) groups is 3. The molecular formula is C31H32F3N5O3. The molecule has 3 aromatic carbocycles. The van der Waals surface area contributed by atoms with Crippen LogP contribution in [-0.4, -0.2) is 60.9 Å². The Bertz CT molecular complexity index is 1460. The highest BCUT2D eigenvalue weighted by Gasteiger charge is 2.26. The summed E-state index contributed by atoms with van der Waals surface area (Å²) in [5, 5.41) is 5.87. The van der Waals surface area contributed by atoms with Crippen molar-refractivity contribution in [2.75, 3.05) is 36.4 Å². The van der Waals surface area contributed by atoms with Gasteiger partial charge in [-0.15, -0.1) is 0 Å². The van der Waals surface area contributed by atoms with Crippen LogP contribution in [0.15, 0.2) is 60.7 Å². The van der Waals surface area contributed by atoms with Gasteiger partial charge in [0.15, 0.2) is 0 Å². The number of rotatable bonds is 6. The lowest BCUT2D eigenvalue weighted by molar-refractivity contribution is 0.0745. The number of nitrogens with zero attached hydrogens (tertiary/aromatic N) is 2. The molecule has 0 atom stereocenters. The molecule has 0 aromatic heterocycles. The summed E-state index contributed by atoms with van der Waals surface area (Å²) in [6.45, 7) is 1.25. The van der Waals surface area contributed by atoms with E-state index >= 15 is 0 Å². The fourth-order valence-electron chi connectivity index (χ4n) is 5.42. The van der Waals surface area contributed by atoms with Gasteiger partial charge in [-0.3, -0.25) is 14.4 Å². The first kappa shape index (κ1) is 29.1. The maximum Gasteiger partial charge on any atom is 0.255 e. The van der Waals surface area contributed by atoms with Crippen LogP contribution in [0.5, 0.6) is 0 Å². The van der Waals surface area contributed by atoms with Gasteiger partial charge in [0, 0.05) is 61.0 Å². The van der Waals surface area contributed by atoms with Gasteiger partial charge in [-0.2, -0.15) is 0 Å². The molecule has 1 saturated heterocycles. The first-order valence-corrected chi connectivity index (χ1v) is 13.9. The predicted octanol–water partition coefficient (Wildman–Crippen LogP) is 4.32. The summed E-state index contributed by atoms with van der Waals surface area (Å²) in [7, 11) is 0. The third-order valence-corrected chi connectivity index (χ3v) is 7.72. The maximum atomic E-state index is 13.8. The highest BCUT2D eigenvalue weighted by molar-refractivity contribution is 6.07. The van der Waals surface area contributed by atoms with Crippen LogP contribution in [0.25, 0.3) is 0 Å². The van der Waals surface area contributed by atoms with Crippen molar-refractivity contribution < 1.29 is 27.6 Å². The van der Waals surface area contributed by atoms with Crippen molar-refractivity contribution in [2.45, 2.75) is 37.8 Å². The van der Waals surface area contributed by atoms with Gasteiger partial charge in [0.05, 0.1) is 11.4 Å². The van der Waals surface area contributed by atoms with E-state index in [2.05, 4.69) is 10.6 Å². The van der Waals surface area contributed by atoms with E-state index in [1.54, 1.807) is 18.2 Å². The second-order valence-corrected chi connectivity index (χ2v) is 10.7. The fourth-order valence-corrected chi connectivity index (χ4v) is 5.42. The fraction of sp³-hybridized carbons (Fsp3) is 0.323. The summed E-state index contributed by atoms with van der Waals surface area (Å²) in [5.41, 5.74) is 7.35. The van der Waals surface area contributed by atoms with Gasteiger partial charge in [-0.25, -0.2) is 13.2 Å². The second kappa shape index (κ2) is 12.6. The number of nitrogens with one attached hydrogen (secondary N) is 2. The molecule has 1 heterocycles. The lowest BCUT2D eigenvalue weighted by Crippen LogP contribution is -2.49. The molecule has 11 heteroatoms. The number of hydrogen-bond acceptors (Lipinski definition) is 5. The largest absolute Gasteiger partial charge is 0.366 e. The van der Waals surface area contributed by atoms with Crippen LogP contribution >= 0.6 is 0 Å². The number of carbonyl (C=O) groups excluding carboxylic acids is 3. The molecule has 220 valence electrons. The molecule has 5 rings (SSSR count).